The van der Waals surface area contributed by atoms with Crippen LogP contribution in [0.3, 0.4) is 0 Å². The number of ether oxygens (including phenoxy) is 1. The van der Waals surface area contributed by atoms with Crippen molar-refractivity contribution >= 4 is 16.9 Å². The first-order valence-corrected chi connectivity index (χ1v) is 11.0. The van der Waals surface area contributed by atoms with E-state index in [-0.39, 0.29) is 17.7 Å². The van der Waals surface area contributed by atoms with Gasteiger partial charge in [-0.2, -0.15) is 13.2 Å². The number of aromatic amines is 1. The minimum absolute atomic E-state index is 0.0676. The van der Waals surface area contributed by atoms with Crippen LogP contribution in [-0.2, 0) is 17.3 Å². The molecule has 0 saturated carbocycles. The predicted octanol–water partition coefficient (Wildman–Crippen LogP) is 4.02. The van der Waals surface area contributed by atoms with Crippen LogP contribution < -0.4 is 5.32 Å². The fraction of sp³-hybridized carbons (Fsp3) is 0.478. The van der Waals surface area contributed by atoms with Crippen molar-refractivity contribution in [2.24, 2.45) is 11.8 Å². The lowest BCUT2D eigenvalue weighted by Gasteiger charge is -2.40. The van der Waals surface area contributed by atoms with Crippen molar-refractivity contribution in [2.45, 2.75) is 31.1 Å². The topological polar surface area (TPSA) is 66.1 Å². The summed E-state index contributed by atoms with van der Waals surface area (Å²) in [5.41, 5.74) is 1.84. The molecule has 4 heterocycles. The number of anilines is 1. The van der Waals surface area contributed by atoms with E-state index >= 15 is 0 Å². The van der Waals surface area contributed by atoms with Crippen molar-refractivity contribution in [3.63, 3.8) is 0 Å². The number of likely N-dealkylation sites (tertiary alicyclic amines) is 1. The van der Waals surface area contributed by atoms with Gasteiger partial charge in [0.25, 0.3) is 0 Å². The highest BCUT2D eigenvalue weighted by atomic mass is 19.4. The molecule has 3 aromatic rings. The van der Waals surface area contributed by atoms with Gasteiger partial charge < -0.3 is 15.0 Å². The number of rotatable bonds is 3. The second-order valence-electron chi connectivity index (χ2n) is 9.10. The number of aryl methyl sites for hydroxylation is 1. The molecule has 32 heavy (non-hydrogen) atoms. The molecular weight excluding hydrogens is 419 g/mol. The number of benzene rings is 1. The molecule has 2 saturated heterocycles. The van der Waals surface area contributed by atoms with Gasteiger partial charge in [0.2, 0.25) is 0 Å². The molecule has 3 aliphatic rings. The van der Waals surface area contributed by atoms with E-state index in [9.17, 15) is 13.2 Å². The van der Waals surface area contributed by atoms with E-state index in [1.165, 1.54) is 17.5 Å². The Balaban J connectivity index is 1.37. The van der Waals surface area contributed by atoms with Crippen molar-refractivity contribution in [3.8, 4) is 0 Å². The lowest BCUT2D eigenvalue weighted by atomic mass is 9.83. The van der Waals surface area contributed by atoms with E-state index in [0.29, 0.717) is 23.0 Å². The quantitative estimate of drug-likeness (QED) is 0.640. The van der Waals surface area contributed by atoms with E-state index in [4.69, 9.17) is 4.74 Å². The molecular formula is C23H24F3N5O. The number of hydrogen-bond acceptors (Lipinski definition) is 5. The van der Waals surface area contributed by atoms with Crippen LogP contribution >= 0.6 is 0 Å². The summed E-state index contributed by atoms with van der Waals surface area (Å²) in [6, 6.07) is 9.59. The molecule has 0 spiro atoms. The summed E-state index contributed by atoms with van der Waals surface area (Å²) in [5, 5.41) is 3.88. The van der Waals surface area contributed by atoms with E-state index in [1.54, 1.807) is 0 Å². The zero-order chi connectivity index (χ0) is 21.9. The first kappa shape index (κ1) is 20.0. The van der Waals surface area contributed by atoms with Crippen LogP contribution in [0.4, 0.5) is 19.0 Å². The highest BCUT2D eigenvalue weighted by molar-refractivity contribution is 5.88. The zero-order valence-electron chi connectivity index (χ0n) is 17.4. The summed E-state index contributed by atoms with van der Waals surface area (Å²) in [7, 11) is 0. The lowest BCUT2D eigenvalue weighted by molar-refractivity contribution is -0.140. The normalized spacial score (nSPS) is 28.1. The van der Waals surface area contributed by atoms with Crippen molar-refractivity contribution in [1.82, 2.24) is 19.9 Å². The molecule has 2 aromatic heterocycles. The van der Waals surface area contributed by atoms with Crippen molar-refractivity contribution in [2.75, 3.05) is 31.6 Å². The number of aromatic nitrogens is 3. The van der Waals surface area contributed by atoms with Gasteiger partial charge in [-0.1, -0.05) is 24.3 Å². The van der Waals surface area contributed by atoms with Gasteiger partial charge in [0.1, 0.15) is 23.5 Å². The average molecular weight is 443 g/mol. The first-order valence-electron chi connectivity index (χ1n) is 11.0. The number of hydrogen-bond donors (Lipinski definition) is 2. The highest BCUT2D eigenvalue weighted by Crippen LogP contribution is 2.41. The Labute approximate surface area is 183 Å². The largest absolute Gasteiger partial charge is 0.431 e. The number of H-pyrrole nitrogens is 1. The predicted molar refractivity (Wildman–Crippen MR) is 113 cm³/mol. The molecule has 0 amide bonds. The highest BCUT2D eigenvalue weighted by Gasteiger charge is 2.43. The molecule has 0 radical (unpaired) electrons. The molecule has 4 atom stereocenters. The van der Waals surface area contributed by atoms with Crippen LogP contribution in [0.2, 0.25) is 0 Å². The van der Waals surface area contributed by atoms with Crippen LogP contribution in [0.1, 0.15) is 29.3 Å². The van der Waals surface area contributed by atoms with Crippen molar-refractivity contribution in [3.05, 3.63) is 53.5 Å². The summed E-state index contributed by atoms with van der Waals surface area (Å²) in [4.78, 5) is 13.3. The minimum atomic E-state index is -4.46. The standard InChI is InChI=1S/C23H24F3N5O/c24-23(25,26)19-7-17-21(29-19)27-12-28-22(17)30-20-16-4-2-1-3-13(16)5-6-18(20)31-8-14-10-32-11-15(14)9-31/h1-4,7,12,14-15,18,20H,5-6,8-11H2,(H2,27,28,29,30)/t14-,15-,18+,20+/m1/s1. The van der Waals surface area contributed by atoms with Crippen LogP contribution in [0.15, 0.2) is 36.7 Å². The smallest absolute Gasteiger partial charge is 0.381 e. The zero-order valence-corrected chi connectivity index (χ0v) is 17.4. The maximum Gasteiger partial charge on any atom is 0.431 e. The van der Waals surface area contributed by atoms with E-state index in [0.717, 1.165) is 45.2 Å². The molecule has 6 nitrogen and oxygen atoms in total. The third-order valence-electron chi connectivity index (χ3n) is 7.25. The lowest BCUT2D eigenvalue weighted by Crippen LogP contribution is -2.44. The van der Waals surface area contributed by atoms with Gasteiger partial charge in [-0.05, 0) is 30.0 Å². The van der Waals surface area contributed by atoms with Gasteiger partial charge in [-0.15, -0.1) is 0 Å². The number of nitrogens with zero attached hydrogens (tertiary/aromatic N) is 3. The Morgan fingerprint density at radius 3 is 2.66 bits per heavy atom. The van der Waals surface area contributed by atoms with Crippen molar-refractivity contribution < 1.29 is 17.9 Å². The van der Waals surface area contributed by atoms with Gasteiger partial charge in [0.05, 0.1) is 24.6 Å². The number of nitrogens with one attached hydrogen (secondary N) is 2. The molecule has 0 bridgehead atoms. The van der Waals surface area contributed by atoms with Gasteiger partial charge in [-0.3, -0.25) is 4.90 Å². The van der Waals surface area contributed by atoms with Gasteiger partial charge in [-0.25, -0.2) is 9.97 Å². The Morgan fingerprint density at radius 2 is 1.88 bits per heavy atom. The van der Waals surface area contributed by atoms with Crippen LogP contribution in [0, 0.1) is 11.8 Å². The van der Waals surface area contributed by atoms with E-state index in [1.807, 2.05) is 12.1 Å². The molecule has 1 aliphatic carbocycles. The number of halogens is 3. The maximum atomic E-state index is 13.3. The SMILES string of the molecule is FC(F)(F)c1cc2c(N[C@H]3c4ccccc4CC[C@@H]3N3C[C@@H]4COC[C@H]4C3)ncnc2[nH]1. The number of fused-ring (bicyclic) bond motifs is 3. The fourth-order valence-electron chi connectivity index (χ4n) is 5.66. The van der Waals surface area contributed by atoms with E-state index < -0.39 is 11.9 Å². The molecule has 6 rings (SSSR count). The second kappa shape index (κ2) is 7.45. The van der Waals surface area contributed by atoms with Gasteiger partial charge >= 0.3 is 6.18 Å². The second-order valence-corrected chi connectivity index (χ2v) is 9.10. The molecule has 2 N–H and O–H groups in total. The molecule has 168 valence electrons. The summed E-state index contributed by atoms with van der Waals surface area (Å²) < 4.78 is 45.5. The maximum absolute atomic E-state index is 13.3. The summed E-state index contributed by atoms with van der Waals surface area (Å²) in [5.74, 6) is 1.56. The average Bonchev–Trinajstić information content (AvgIpc) is 3.48. The molecule has 2 aliphatic heterocycles. The summed E-state index contributed by atoms with van der Waals surface area (Å²) >= 11 is 0. The molecule has 9 heteroatoms. The van der Waals surface area contributed by atoms with Crippen LogP contribution in [0.25, 0.3) is 11.0 Å². The van der Waals surface area contributed by atoms with Gasteiger partial charge in [0, 0.05) is 31.0 Å². The van der Waals surface area contributed by atoms with Crippen LogP contribution in [-0.4, -0.2) is 52.2 Å². The summed E-state index contributed by atoms with van der Waals surface area (Å²) in [6.45, 7) is 3.63. The Hall–Kier alpha value is -2.65. The third-order valence-corrected chi connectivity index (χ3v) is 7.25. The Bertz CT molecular complexity index is 1130. The number of alkyl halides is 3. The third kappa shape index (κ3) is 3.34. The molecule has 1 aromatic carbocycles. The molecule has 2 fully saturated rings. The Morgan fingerprint density at radius 1 is 1.09 bits per heavy atom. The minimum Gasteiger partial charge on any atom is -0.381 e. The fourth-order valence-corrected chi connectivity index (χ4v) is 5.66. The Kier molecular flexibility index (Phi) is 4.65. The molecule has 0 unspecified atom stereocenters. The van der Waals surface area contributed by atoms with Gasteiger partial charge in [0.15, 0.2) is 0 Å². The van der Waals surface area contributed by atoms with Crippen molar-refractivity contribution in [1.29, 1.82) is 0 Å². The first-order chi connectivity index (χ1) is 15.5. The summed E-state index contributed by atoms with van der Waals surface area (Å²) in [6.07, 6.45) is -1.18. The van der Waals surface area contributed by atoms with E-state index in [2.05, 4.69) is 37.3 Å². The monoisotopic (exact) mass is 443 g/mol. The van der Waals surface area contributed by atoms with Crippen LogP contribution in [0.5, 0.6) is 0 Å².